The van der Waals surface area contributed by atoms with E-state index in [4.69, 9.17) is 0 Å². The smallest absolute Gasteiger partial charge is 0.328 e. The summed E-state index contributed by atoms with van der Waals surface area (Å²) in [6.07, 6.45) is -3.14. The lowest BCUT2D eigenvalue weighted by Gasteiger charge is -2.13. The molecule has 7 heteroatoms. The summed E-state index contributed by atoms with van der Waals surface area (Å²) in [5.41, 5.74) is -0.0552. The minimum absolute atomic E-state index is 0.127. The number of fused-ring (bicyclic) bond motifs is 1. The molecule has 2 aromatic heterocycles. The number of alkyl halides is 3. The number of rotatable bonds is 2. The van der Waals surface area contributed by atoms with Crippen LogP contribution < -0.4 is 5.56 Å². The first-order chi connectivity index (χ1) is 12.5. The van der Waals surface area contributed by atoms with Gasteiger partial charge in [0, 0.05) is 11.8 Å². The van der Waals surface area contributed by atoms with Gasteiger partial charge in [0.25, 0.3) is 5.56 Å². The number of nitrogens with one attached hydrogen (secondary N) is 1. The molecule has 0 radical (unpaired) electrons. The molecule has 0 bridgehead atoms. The van der Waals surface area contributed by atoms with Crippen LogP contribution in [0.5, 0.6) is 0 Å². The number of benzene rings is 2. The monoisotopic (exact) mass is 355 g/mol. The van der Waals surface area contributed by atoms with E-state index in [0.717, 1.165) is 6.07 Å². The maximum Gasteiger partial charge on any atom is 0.418 e. The molecule has 0 saturated heterocycles. The molecule has 0 aliphatic rings. The predicted molar refractivity (Wildman–Crippen MR) is 92.1 cm³/mol. The van der Waals surface area contributed by atoms with Crippen LogP contribution in [0.15, 0.2) is 71.7 Å². The Morgan fingerprint density at radius 2 is 1.62 bits per heavy atom. The Morgan fingerprint density at radius 1 is 0.923 bits per heavy atom. The molecule has 0 aliphatic heterocycles. The van der Waals surface area contributed by atoms with Crippen molar-refractivity contribution in [3.05, 3.63) is 82.8 Å². The zero-order valence-electron chi connectivity index (χ0n) is 13.3. The Morgan fingerprint density at radius 3 is 2.35 bits per heavy atom. The number of halogens is 3. The molecule has 0 amide bonds. The minimum Gasteiger partial charge on any atom is -0.328 e. The number of aromatic nitrogens is 3. The van der Waals surface area contributed by atoms with Gasteiger partial charge in [0.15, 0.2) is 0 Å². The maximum atomic E-state index is 13.4. The number of hydrogen-bond donors (Lipinski definition) is 1. The summed E-state index contributed by atoms with van der Waals surface area (Å²) in [5.74, 6) is 0. The van der Waals surface area contributed by atoms with E-state index in [2.05, 4.69) is 10.1 Å². The highest BCUT2D eigenvalue weighted by Gasteiger charge is 2.34. The van der Waals surface area contributed by atoms with E-state index in [1.54, 1.807) is 30.3 Å². The van der Waals surface area contributed by atoms with Crippen LogP contribution in [0.1, 0.15) is 5.56 Å². The molecule has 0 aliphatic carbocycles. The average molecular weight is 355 g/mol. The summed E-state index contributed by atoms with van der Waals surface area (Å²) in [6, 6.07) is 15.6. The average Bonchev–Trinajstić information content (AvgIpc) is 3.03. The fourth-order valence-corrected chi connectivity index (χ4v) is 2.96. The summed E-state index contributed by atoms with van der Waals surface area (Å²) in [5, 5.41) is 4.61. The Balaban J connectivity index is 2.09. The molecule has 4 aromatic rings. The van der Waals surface area contributed by atoms with Gasteiger partial charge in [-0.1, -0.05) is 42.5 Å². The summed E-state index contributed by atoms with van der Waals surface area (Å²) >= 11 is 0. The first kappa shape index (κ1) is 16.1. The normalized spacial score (nSPS) is 11.8. The van der Waals surface area contributed by atoms with Gasteiger partial charge < -0.3 is 4.98 Å². The van der Waals surface area contributed by atoms with Crippen molar-refractivity contribution in [2.45, 2.75) is 6.18 Å². The van der Waals surface area contributed by atoms with Gasteiger partial charge in [-0.25, -0.2) is 4.68 Å². The Kier molecular flexibility index (Phi) is 3.64. The van der Waals surface area contributed by atoms with Gasteiger partial charge >= 0.3 is 6.18 Å². The first-order valence-electron chi connectivity index (χ1n) is 7.79. The summed E-state index contributed by atoms with van der Waals surface area (Å²) < 4.78 is 41.5. The molecule has 26 heavy (non-hydrogen) atoms. The summed E-state index contributed by atoms with van der Waals surface area (Å²) in [6.45, 7) is 0. The van der Waals surface area contributed by atoms with Crippen molar-refractivity contribution in [2.24, 2.45) is 0 Å². The second kappa shape index (κ2) is 5.87. The van der Waals surface area contributed by atoms with Crippen LogP contribution in [-0.2, 0) is 6.18 Å². The first-order valence-corrected chi connectivity index (χ1v) is 7.79. The van der Waals surface area contributed by atoms with Gasteiger partial charge in [-0.3, -0.25) is 4.79 Å². The molecule has 0 atom stereocenters. The van der Waals surface area contributed by atoms with Gasteiger partial charge in [0.05, 0.1) is 22.2 Å². The largest absolute Gasteiger partial charge is 0.418 e. The van der Waals surface area contributed by atoms with Crippen LogP contribution in [0.3, 0.4) is 0 Å². The molecule has 2 aromatic carbocycles. The topological polar surface area (TPSA) is 50.7 Å². The molecule has 4 nitrogen and oxygen atoms in total. The van der Waals surface area contributed by atoms with Crippen molar-refractivity contribution in [3.63, 3.8) is 0 Å². The predicted octanol–water partition coefficient (Wildman–Crippen LogP) is 4.40. The Bertz CT molecular complexity index is 1140. The van der Waals surface area contributed by atoms with Gasteiger partial charge in [-0.15, -0.1) is 0 Å². The van der Waals surface area contributed by atoms with E-state index in [9.17, 15) is 18.0 Å². The van der Waals surface area contributed by atoms with Crippen molar-refractivity contribution in [1.82, 2.24) is 14.8 Å². The van der Waals surface area contributed by atoms with Crippen molar-refractivity contribution >= 4 is 10.9 Å². The van der Waals surface area contributed by atoms with Crippen LogP contribution in [-0.4, -0.2) is 14.8 Å². The third kappa shape index (κ3) is 2.57. The SMILES string of the molecule is O=c1[nH]ccc2c1c(-c1ccccc1)nn2-c1ccccc1C(F)(F)F. The van der Waals surface area contributed by atoms with Crippen molar-refractivity contribution in [1.29, 1.82) is 0 Å². The summed E-state index contributed by atoms with van der Waals surface area (Å²) in [4.78, 5) is 14.9. The van der Waals surface area contributed by atoms with Gasteiger partial charge in [-0.2, -0.15) is 18.3 Å². The number of aromatic amines is 1. The molecule has 0 spiro atoms. The lowest BCUT2D eigenvalue weighted by molar-refractivity contribution is -0.137. The number of nitrogens with zero attached hydrogens (tertiary/aromatic N) is 2. The standard InChI is InChI=1S/C19H12F3N3O/c20-19(21,22)13-8-4-5-9-14(13)25-15-10-11-23-18(26)16(15)17(24-25)12-6-2-1-3-7-12/h1-11H,(H,23,26). The van der Waals surface area contributed by atoms with Crippen LogP contribution >= 0.6 is 0 Å². The van der Waals surface area contributed by atoms with E-state index < -0.39 is 17.3 Å². The summed E-state index contributed by atoms with van der Waals surface area (Å²) in [7, 11) is 0. The highest BCUT2D eigenvalue weighted by atomic mass is 19.4. The van der Waals surface area contributed by atoms with E-state index in [1.807, 2.05) is 6.07 Å². The van der Waals surface area contributed by atoms with Crippen LogP contribution in [0.2, 0.25) is 0 Å². The molecule has 1 N–H and O–H groups in total. The van der Waals surface area contributed by atoms with Crippen molar-refractivity contribution in [2.75, 3.05) is 0 Å². The highest BCUT2D eigenvalue weighted by molar-refractivity contribution is 5.93. The highest BCUT2D eigenvalue weighted by Crippen LogP contribution is 2.35. The number of H-pyrrole nitrogens is 1. The lowest BCUT2D eigenvalue weighted by Crippen LogP contribution is -2.11. The zero-order valence-corrected chi connectivity index (χ0v) is 13.3. The number of hydrogen-bond acceptors (Lipinski definition) is 2. The van der Waals surface area contributed by atoms with Crippen LogP contribution in [0, 0.1) is 0 Å². The van der Waals surface area contributed by atoms with Gasteiger partial charge in [0.2, 0.25) is 0 Å². The molecule has 2 heterocycles. The molecule has 130 valence electrons. The van der Waals surface area contributed by atoms with Crippen LogP contribution in [0.4, 0.5) is 13.2 Å². The fraction of sp³-hybridized carbons (Fsp3) is 0.0526. The third-order valence-electron chi connectivity index (χ3n) is 4.09. The molecule has 0 saturated carbocycles. The van der Waals surface area contributed by atoms with E-state index in [-0.39, 0.29) is 11.1 Å². The molecule has 4 rings (SSSR count). The second-order valence-electron chi connectivity index (χ2n) is 5.71. The van der Waals surface area contributed by atoms with Crippen LogP contribution in [0.25, 0.3) is 27.8 Å². The Hall–Kier alpha value is -3.35. The maximum absolute atomic E-state index is 13.4. The number of pyridine rings is 1. The van der Waals surface area contributed by atoms with Crippen molar-refractivity contribution in [3.8, 4) is 16.9 Å². The molecule has 0 unspecified atom stereocenters. The molecule has 0 fully saturated rings. The second-order valence-corrected chi connectivity index (χ2v) is 5.71. The van der Waals surface area contributed by atoms with E-state index >= 15 is 0 Å². The van der Waals surface area contributed by atoms with Gasteiger partial charge in [-0.05, 0) is 18.2 Å². The van der Waals surface area contributed by atoms with E-state index in [1.165, 1.54) is 29.1 Å². The molecular weight excluding hydrogens is 343 g/mol. The van der Waals surface area contributed by atoms with Gasteiger partial charge in [0.1, 0.15) is 5.69 Å². The Labute approximate surface area is 145 Å². The van der Waals surface area contributed by atoms with Crippen molar-refractivity contribution < 1.29 is 13.2 Å². The van der Waals surface area contributed by atoms with E-state index in [0.29, 0.717) is 16.8 Å². The third-order valence-corrected chi connectivity index (χ3v) is 4.09. The molecular formula is C19H12F3N3O. The lowest BCUT2D eigenvalue weighted by atomic mass is 10.1. The quantitative estimate of drug-likeness (QED) is 0.579. The fourth-order valence-electron chi connectivity index (χ4n) is 2.96. The minimum atomic E-state index is -4.54. The zero-order chi connectivity index (χ0) is 18.3. The number of para-hydroxylation sites is 1.